The number of hydrogen-bond donors (Lipinski definition) is 1. The lowest BCUT2D eigenvalue weighted by atomic mass is 9.79. The van der Waals surface area contributed by atoms with E-state index in [2.05, 4.69) is 37.9 Å². The Labute approximate surface area is 107 Å². The van der Waals surface area contributed by atoms with Crippen LogP contribution in [-0.4, -0.2) is 36.1 Å². The number of piperazine rings is 1. The van der Waals surface area contributed by atoms with Crippen molar-refractivity contribution >= 4 is 0 Å². The summed E-state index contributed by atoms with van der Waals surface area (Å²) in [5.74, 6) is 1.78. The molecule has 1 N–H and O–H groups in total. The molecule has 1 saturated heterocycles. The molecule has 2 fully saturated rings. The standard InChI is InChI=1S/C15H30N2/c1-5-11(2)15-10-17(12(3)9-16-15)13(4)14-7-6-8-14/h11-16H,5-10H2,1-4H3. The lowest BCUT2D eigenvalue weighted by molar-refractivity contribution is 0.0338. The summed E-state index contributed by atoms with van der Waals surface area (Å²) >= 11 is 0. The molecule has 100 valence electrons. The molecule has 0 bridgehead atoms. The van der Waals surface area contributed by atoms with Crippen molar-refractivity contribution in [1.82, 2.24) is 10.2 Å². The maximum Gasteiger partial charge on any atom is 0.0221 e. The topological polar surface area (TPSA) is 15.3 Å². The smallest absolute Gasteiger partial charge is 0.0221 e. The summed E-state index contributed by atoms with van der Waals surface area (Å²) in [6.07, 6.45) is 5.68. The first-order valence-corrected chi connectivity index (χ1v) is 7.62. The molecule has 1 aliphatic carbocycles. The lowest BCUT2D eigenvalue weighted by Crippen LogP contribution is -2.61. The van der Waals surface area contributed by atoms with Crippen LogP contribution in [-0.2, 0) is 0 Å². The van der Waals surface area contributed by atoms with E-state index >= 15 is 0 Å². The van der Waals surface area contributed by atoms with Crippen molar-refractivity contribution in [2.24, 2.45) is 11.8 Å². The van der Waals surface area contributed by atoms with E-state index in [9.17, 15) is 0 Å². The Bertz CT molecular complexity index is 237. The van der Waals surface area contributed by atoms with Gasteiger partial charge in [0.05, 0.1) is 0 Å². The monoisotopic (exact) mass is 238 g/mol. The summed E-state index contributed by atoms with van der Waals surface area (Å²) in [6, 6.07) is 2.22. The normalized spacial score (nSPS) is 35.3. The molecule has 2 nitrogen and oxygen atoms in total. The molecule has 0 spiro atoms. The van der Waals surface area contributed by atoms with Crippen LogP contribution in [0.5, 0.6) is 0 Å². The van der Waals surface area contributed by atoms with E-state index in [0.29, 0.717) is 12.1 Å². The van der Waals surface area contributed by atoms with Crippen molar-refractivity contribution < 1.29 is 0 Å². The van der Waals surface area contributed by atoms with E-state index in [1.54, 1.807) is 0 Å². The van der Waals surface area contributed by atoms with Gasteiger partial charge in [-0.05, 0) is 38.5 Å². The van der Waals surface area contributed by atoms with Crippen LogP contribution in [0.2, 0.25) is 0 Å². The zero-order valence-electron chi connectivity index (χ0n) is 12.1. The van der Waals surface area contributed by atoms with Crippen LogP contribution < -0.4 is 5.32 Å². The molecule has 2 aliphatic rings. The molecule has 2 rings (SSSR count). The minimum absolute atomic E-state index is 0.707. The maximum absolute atomic E-state index is 3.74. The highest BCUT2D eigenvalue weighted by molar-refractivity contribution is 4.92. The third-order valence-electron chi connectivity index (χ3n) is 5.34. The molecule has 1 aliphatic heterocycles. The van der Waals surface area contributed by atoms with Crippen molar-refractivity contribution in [1.29, 1.82) is 0 Å². The lowest BCUT2D eigenvalue weighted by Gasteiger charge is -2.48. The van der Waals surface area contributed by atoms with Crippen LogP contribution in [0.4, 0.5) is 0 Å². The molecule has 0 aromatic heterocycles. The Morgan fingerprint density at radius 2 is 2.00 bits per heavy atom. The Kier molecular flexibility index (Phi) is 4.48. The minimum atomic E-state index is 0.707. The van der Waals surface area contributed by atoms with Crippen molar-refractivity contribution in [3.8, 4) is 0 Å². The van der Waals surface area contributed by atoms with Crippen LogP contribution in [0.15, 0.2) is 0 Å². The Balaban J connectivity index is 1.93. The van der Waals surface area contributed by atoms with Gasteiger partial charge in [-0.1, -0.05) is 26.7 Å². The number of rotatable bonds is 4. The van der Waals surface area contributed by atoms with Crippen LogP contribution >= 0.6 is 0 Å². The first-order valence-electron chi connectivity index (χ1n) is 7.62. The Morgan fingerprint density at radius 3 is 2.53 bits per heavy atom. The molecule has 0 aromatic rings. The van der Waals surface area contributed by atoms with Crippen LogP contribution in [0, 0.1) is 11.8 Å². The van der Waals surface area contributed by atoms with Gasteiger partial charge in [0, 0.05) is 31.2 Å². The van der Waals surface area contributed by atoms with Crippen molar-refractivity contribution in [3.63, 3.8) is 0 Å². The molecule has 0 radical (unpaired) electrons. The summed E-state index contributed by atoms with van der Waals surface area (Å²) < 4.78 is 0. The molecule has 2 heteroatoms. The number of nitrogens with one attached hydrogen (secondary N) is 1. The zero-order chi connectivity index (χ0) is 12.4. The largest absolute Gasteiger partial charge is 0.311 e. The van der Waals surface area contributed by atoms with E-state index in [-0.39, 0.29) is 0 Å². The van der Waals surface area contributed by atoms with Crippen LogP contribution in [0.1, 0.15) is 53.4 Å². The van der Waals surface area contributed by atoms with Crippen molar-refractivity contribution in [2.75, 3.05) is 13.1 Å². The molecule has 4 atom stereocenters. The molecule has 1 saturated carbocycles. The maximum atomic E-state index is 3.74. The average molecular weight is 238 g/mol. The van der Waals surface area contributed by atoms with Gasteiger partial charge in [0.1, 0.15) is 0 Å². The summed E-state index contributed by atoms with van der Waals surface area (Å²) in [6.45, 7) is 12.0. The van der Waals surface area contributed by atoms with Gasteiger partial charge in [-0.25, -0.2) is 0 Å². The van der Waals surface area contributed by atoms with Gasteiger partial charge in [-0.2, -0.15) is 0 Å². The SMILES string of the molecule is CCC(C)C1CN(C(C)C2CCC2)C(C)CN1. The van der Waals surface area contributed by atoms with Gasteiger partial charge in [-0.3, -0.25) is 4.90 Å². The first kappa shape index (κ1) is 13.4. The molecule has 4 unspecified atom stereocenters. The second-order valence-corrected chi connectivity index (χ2v) is 6.38. The highest BCUT2D eigenvalue weighted by atomic mass is 15.3. The predicted molar refractivity (Wildman–Crippen MR) is 74.2 cm³/mol. The fourth-order valence-electron chi connectivity index (χ4n) is 3.34. The number of nitrogens with zero attached hydrogens (tertiary/aromatic N) is 1. The van der Waals surface area contributed by atoms with Crippen molar-refractivity contribution in [2.45, 2.75) is 71.5 Å². The van der Waals surface area contributed by atoms with Gasteiger partial charge in [0.2, 0.25) is 0 Å². The summed E-state index contributed by atoms with van der Waals surface area (Å²) in [5.41, 5.74) is 0. The fourth-order valence-corrected chi connectivity index (χ4v) is 3.34. The van der Waals surface area contributed by atoms with Gasteiger partial charge < -0.3 is 5.32 Å². The fraction of sp³-hybridized carbons (Fsp3) is 1.00. The molecule has 1 heterocycles. The minimum Gasteiger partial charge on any atom is -0.311 e. The number of hydrogen-bond acceptors (Lipinski definition) is 2. The van der Waals surface area contributed by atoms with Gasteiger partial charge in [0.15, 0.2) is 0 Å². The van der Waals surface area contributed by atoms with Gasteiger partial charge in [-0.15, -0.1) is 0 Å². The Hall–Kier alpha value is -0.0800. The van der Waals surface area contributed by atoms with E-state index in [4.69, 9.17) is 0 Å². The first-order chi connectivity index (χ1) is 8.13. The predicted octanol–water partition coefficient (Wildman–Crippen LogP) is 2.88. The highest BCUT2D eigenvalue weighted by Gasteiger charge is 2.35. The van der Waals surface area contributed by atoms with Crippen molar-refractivity contribution in [3.05, 3.63) is 0 Å². The van der Waals surface area contributed by atoms with E-state index in [0.717, 1.165) is 17.9 Å². The molecule has 17 heavy (non-hydrogen) atoms. The van der Waals surface area contributed by atoms with Crippen LogP contribution in [0.25, 0.3) is 0 Å². The summed E-state index contributed by atoms with van der Waals surface area (Å²) in [4.78, 5) is 2.77. The molecule has 0 aromatic carbocycles. The van der Waals surface area contributed by atoms with E-state index in [1.165, 1.54) is 38.8 Å². The molecule has 0 amide bonds. The zero-order valence-corrected chi connectivity index (χ0v) is 12.1. The average Bonchev–Trinajstić information content (AvgIpc) is 2.26. The van der Waals surface area contributed by atoms with E-state index < -0.39 is 0 Å². The quantitative estimate of drug-likeness (QED) is 0.810. The Morgan fingerprint density at radius 1 is 1.29 bits per heavy atom. The third kappa shape index (κ3) is 2.85. The second kappa shape index (κ2) is 5.71. The molecular formula is C15H30N2. The van der Waals surface area contributed by atoms with E-state index in [1.807, 2.05) is 0 Å². The van der Waals surface area contributed by atoms with Gasteiger partial charge in [0.25, 0.3) is 0 Å². The summed E-state index contributed by atoms with van der Waals surface area (Å²) in [5, 5.41) is 3.74. The third-order valence-corrected chi connectivity index (χ3v) is 5.34. The summed E-state index contributed by atoms with van der Waals surface area (Å²) in [7, 11) is 0. The van der Waals surface area contributed by atoms with Gasteiger partial charge >= 0.3 is 0 Å². The molecular weight excluding hydrogens is 208 g/mol. The second-order valence-electron chi connectivity index (χ2n) is 6.38. The van der Waals surface area contributed by atoms with Crippen LogP contribution in [0.3, 0.4) is 0 Å². The highest BCUT2D eigenvalue weighted by Crippen LogP contribution is 2.33.